The third kappa shape index (κ3) is 5.09. The lowest BCUT2D eigenvalue weighted by molar-refractivity contribution is -0.140. The zero-order chi connectivity index (χ0) is 23.5. The van der Waals surface area contributed by atoms with E-state index in [-0.39, 0.29) is 11.5 Å². The van der Waals surface area contributed by atoms with Crippen molar-refractivity contribution < 1.29 is 9.53 Å². The second-order valence-corrected chi connectivity index (χ2v) is 10.8. The SMILES string of the molecule is CSc1ccc(C2C(C(=O)OCC(C)C)=C(C)N=c3sc(=CC4CC=CCC4)c(=O)n32)cc1. The van der Waals surface area contributed by atoms with Crippen molar-refractivity contribution in [1.29, 1.82) is 0 Å². The molecule has 7 heteroatoms. The van der Waals surface area contributed by atoms with Crippen LogP contribution in [0.3, 0.4) is 0 Å². The van der Waals surface area contributed by atoms with Crippen molar-refractivity contribution in [2.24, 2.45) is 16.8 Å². The highest BCUT2D eigenvalue weighted by atomic mass is 32.2. The van der Waals surface area contributed by atoms with Crippen molar-refractivity contribution in [3.8, 4) is 0 Å². The van der Waals surface area contributed by atoms with E-state index in [0.29, 0.717) is 33.1 Å². The fraction of sp³-hybridized carbons (Fsp3) is 0.423. The van der Waals surface area contributed by atoms with Crippen molar-refractivity contribution in [3.63, 3.8) is 0 Å². The van der Waals surface area contributed by atoms with Gasteiger partial charge in [0.15, 0.2) is 4.80 Å². The molecular formula is C26H30N2O3S2. The van der Waals surface area contributed by atoms with Crippen LogP contribution in [-0.2, 0) is 9.53 Å². The highest BCUT2D eigenvalue weighted by Gasteiger charge is 2.33. The van der Waals surface area contributed by atoms with E-state index in [1.54, 1.807) is 16.3 Å². The lowest BCUT2D eigenvalue weighted by Crippen LogP contribution is -2.40. The summed E-state index contributed by atoms with van der Waals surface area (Å²) in [5.74, 6) is 0.169. The van der Waals surface area contributed by atoms with Crippen LogP contribution in [-0.4, -0.2) is 23.4 Å². The summed E-state index contributed by atoms with van der Waals surface area (Å²) < 4.78 is 7.99. The molecule has 1 aliphatic carbocycles. The largest absolute Gasteiger partial charge is 0.462 e. The highest BCUT2D eigenvalue weighted by molar-refractivity contribution is 7.98. The lowest BCUT2D eigenvalue weighted by atomic mass is 9.94. The van der Waals surface area contributed by atoms with Gasteiger partial charge in [-0.05, 0) is 62.0 Å². The third-order valence-electron chi connectivity index (χ3n) is 5.92. The number of rotatable bonds is 6. The molecule has 2 unspecified atom stereocenters. The predicted octanol–water partition coefficient (Wildman–Crippen LogP) is 4.46. The maximum atomic E-state index is 13.6. The van der Waals surface area contributed by atoms with Gasteiger partial charge in [-0.25, -0.2) is 9.79 Å². The van der Waals surface area contributed by atoms with Gasteiger partial charge in [0.2, 0.25) is 0 Å². The summed E-state index contributed by atoms with van der Waals surface area (Å²) >= 11 is 3.07. The molecule has 33 heavy (non-hydrogen) atoms. The molecule has 0 N–H and O–H groups in total. The smallest absolute Gasteiger partial charge is 0.338 e. The van der Waals surface area contributed by atoms with Crippen LogP contribution in [0, 0.1) is 11.8 Å². The summed E-state index contributed by atoms with van der Waals surface area (Å²) in [5, 5.41) is 0. The Morgan fingerprint density at radius 3 is 2.70 bits per heavy atom. The normalized spacial score (nSPS) is 20.7. The summed E-state index contributed by atoms with van der Waals surface area (Å²) in [6, 6.07) is 7.49. The molecular weight excluding hydrogens is 452 g/mol. The molecule has 4 rings (SSSR count). The Morgan fingerprint density at radius 1 is 1.30 bits per heavy atom. The Bertz CT molecular complexity index is 1270. The van der Waals surface area contributed by atoms with Crippen LogP contribution < -0.4 is 14.9 Å². The van der Waals surface area contributed by atoms with E-state index in [1.807, 2.05) is 51.3 Å². The monoisotopic (exact) mass is 482 g/mol. The van der Waals surface area contributed by atoms with Gasteiger partial charge < -0.3 is 4.74 Å². The third-order valence-corrected chi connectivity index (χ3v) is 7.66. The Hall–Kier alpha value is -2.38. The minimum absolute atomic E-state index is 0.0890. The standard InChI is InChI=1S/C26H30N2O3S2/c1-16(2)15-31-25(30)22-17(3)27-26-28(23(22)19-10-12-20(32-4)13-11-19)24(29)21(33-26)14-18-8-6-5-7-9-18/h5-6,10-14,16,18,23H,7-9,15H2,1-4H3. The van der Waals surface area contributed by atoms with Crippen LogP contribution in [0.1, 0.15) is 51.6 Å². The first-order chi connectivity index (χ1) is 15.9. The van der Waals surface area contributed by atoms with Crippen LogP contribution >= 0.6 is 23.1 Å². The number of ether oxygens (including phenoxy) is 1. The van der Waals surface area contributed by atoms with E-state index < -0.39 is 12.0 Å². The molecule has 0 radical (unpaired) electrons. The first kappa shape index (κ1) is 23.8. The van der Waals surface area contributed by atoms with Crippen LogP contribution in [0.5, 0.6) is 0 Å². The van der Waals surface area contributed by atoms with Crippen LogP contribution in [0.4, 0.5) is 0 Å². The van der Waals surface area contributed by atoms with E-state index in [4.69, 9.17) is 4.74 Å². The van der Waals surface area contributed by atoms with E-state index in [1.165, 1.54) is 11.3 Å². The average Bonchev–Trinajstić information content (AvgIpc) is 3.11. The maximum Gasteiger partial charge on any atom is 0.338 e. The molecule has 1 aromatic carbocycles. The number of carbonyl (C=O) groups excluding carboxylic acids is 1. The molecule has 0 saturated carbocycles. The number of carbonyl (C=O) groups is 1. The number of benzene rings is 1. The molecule has 0 amide bonds. The fourth-order valence-corrected chi connectivity index (χ4v) is 5.72. The number of thiazole rings is 1. The van der Waals surface area contributed by atoms with Gasteiger partial charge in [-0.2, -0.15) is 0 Å². The van der Waals surface area contributed by atoms with Crippen molar-refractivity contribution in [1.82, 2.24) is 4.57 Å². The fourth-order valence-electron chi connectivity index (χ4n) is 4.20. The van der Waals surface area contributed by atoms with Gasteiger partial charge in [-0.1, -0.05) is 55.5 Å². The molecule has 1 aromatic heterocycles. The van der Waals surface area contributed by atoms with Gasteiger partial charge in [-0.15, -0.1) is 11.8 Å². The molecule has 2 aliphatic rings. The van der Waals surface area contributed by atoms with Crippen molar-refractivity contribution >= 4 is 35.1 Å². The van der Waals surface area contributed by atoms with E-state index in [0.717, 1.165) is 29.7 Å². The average molecular weight is 483 g/mol. The Kier molecular flexibility index (Phi) is 7.39. The summed E-state index contributed by atoms with van der Waals surface area (Å²) in [5.41, 5.74) is 1.84. The second kappa shape index (κ2) is 10.3. The Labute approximate surface area is 202 Å². The second-order valence-electron chi connectivity index (χ2n) is 8.91. The Balaban J connectivity index is 1.85. The first-order valence-electron chi connectivity index (χ1n) is 11.4. The lowest BCUT2D eigenvalue weighted by Gasteiger charge is -2.25. The highest BCUT2D eigenvalue weighted by Crippen LogP contribution is 2.32. The number of hydrogen-bond acceptors (Lipinski definition) is 6. The van der Waals surface area contributed by atoms with Gasteiger partial charge in [0.05, 0.1) is 28.5 Å². The molecule has 0 saturated heterocycles. The van der Waals surface area contributed by atoms with Crippen molar-refractivity contribution in [2.45, 2.75) is 51.0 Å². The molecule has 2 atom stereocenters. The number of thioether (sulfide) groups is 1. The van der Waals surface area contributed by atoms with Gasteiger partial charge >= 0.3 is 5.97 Å². The van der Waals surface area contributed by atoms with Crippen LogP contribution in [0.15, 0.2) is 62.4 Å². The minimum Gasteiger partial charge on any atom is -0.462 e. The minimum atomic E-state index is -0.551. The quantitative estimate of drug-likeness (QED) is 0.346. The molecule has 1 aliphatic heterocycles. The van der Waals surface area contributed by atoms with Crippen molar-refractivity contribution in [2.75, 3.05) is 12.9 Å². The first-order valence-corrected chi connectivity index (χ1v) is 13.4. The summed E-state index contributed by atoms with van der Waals surface area (Å²) in [7, 11) is 0. The summed E-state index contributed by atoms with van der Waals surface area (Å²) in [4.78, 5) is 33.3. The van der Waals surface area contributed by atoms with Crippen LogP contribution in [0.25, 0.3) is 6.08 Å². The van der Waals surface area contributed by atoms with E-state index in [2.05, 4.69) is 23.2 Å². The summed E-state index contributed by atoms with van der Waals surface area (Å²) in [6.07, 6.45) is 11.5. The number of esters is 1. The van der Waals surface area contributed by atoms with Gasteiger partial charge in [-0.3, -0.25) is 9.36 Å². The molecule has 2 aromatic rings. The van der Waals surface area contributed by atoms with Gasteiger partial charge in [0.1, 0.15) is 0 Å². The van der Waals surface area contributed by atoms with Gasteiger partial charge in [0.25, 0.3) is 5.56 Å². The number of aromatic nitrogens is 1. The van der Waals surface area contributed by atoms with Crippen molar-refractivity contribution in [3.05, 3.63) is 72.9 Å². The summed E-state index contributed by atoms with van der Waals surface area (Å²) in [6.45, 7) is 6.16. The molecule has 0 spiro atoms. The van der Waals surface area contributed by atoms with Gasteiger partial charge in [0, 0.05) is 4.90 Å². The number of nitrogens with zero attached hydrogens (tertiary/aromatic N) is 2. The van der Waals surface area contributed by atoms with E-state index in [9.17, 15) is 9.59 Å². The molecule has 2 heterocycles. The zero-order valence-corrected chi connectivity index (χ0v) is 21.2. The molecule has 0 bridgehead atoms. The topological polar surface area (TPSA) is 60.7 Å². The molecule has 174 valence electrons. The molecule has 5 nitrogen and oxygen atoms in total. The van der Waals surface area contributed by atoms with Crippen LogP contribution in [0.2, 0.25) is 0 Å². The zero-order valence-electron chi connectivity index (χ0n) is 19.5. The molecule has 0 fully saturated rings. The maximum absolute atomic E-state index is 13.6. The Morgan fingerprint density at radius 2 is 2.06 bits per heavy atom. The predicted molar refractivity (Wildman–Crippen MR) is 135 cm³/mol. The number of hydrogen-bond donors (Lipinski definition) is 0. The number of fused-ring (bicyclic) bond motifs is 1. The van der Waals surface area contributed by atoms with E-state index >= 15 is 0 Å². The number of allylic oxidation sites excluding steroid dienone is 3.